The van der Waals surface area contributed by atoms with Crippen LogP contribution in [-0.4, -0.2) is 46.8 Å². The zero-order chi connectivity index (χ0) is 22.9. The summed E-state index contributed by atoms with van der Waals surface area (Å²) >= 11 is 6.35. The Hall–Kier alpha value is -3.06. The highest BCUT2D eigenvalue weighted by atomic mass is 35.5. The molecule has 0 amide bonds. The van der Waals surface area contributed by atoms with Gasteiger partial charge in [0.05, 0.1) is 16.8 Å². The molecule has 170 valence electrons. The molecule has 1 aromatic heterocycles. The number of rotatable bonds is 3. The van der Waals surface area contributed by atoms with E-state index >= 15 is 0 Å². The molecular weight excluding hydrogens is 439 g/mol. The molecule has 2 aliphatic heterocycles. The van der Waals surface area contributed by atoms with Crippen molar-refractivity contribution >= 4 is 34.7 Å². The lowest BCUT2D eigenvalue weighted by Crippen LogP contribution is -2.45. The van der Waals surface area contributed by atoms with Gasteiger partial charge in [-0.3, -0.25) is 0 Å². The van der Waals surface area contributed by atoms with E-state index in [0.29, 0.717) is 23.4 Å². The minimum absolute atomic E-state index is 0.0278. The van der Waals surface area contributed by atoms with Gasteiger partial charge in [0.15, 0.2) is 0 Å². The van der Waals surface area contributed by atoms with Crippen LogP contribution in [0, 0.1) is 19.7 Å². The number of fused-ring (bicyclic) bond motifs is 2. The van der Waals surface area contributed by atoms with E-state index in [-0.39, 0.29) is 11.9 Å². The number of allylic oxidation sites excluding steroid dienone is 3. The molecule has 3 heterocycles. The molecule has 1 saturated heterocycles. The number of hydrogen-bond acceptors (Lipinski definition) is 6. The quantitative estimate of drug-likeness (QED) is 0.717. The van der Waals surface area contributed by atoms with E-state index in [1.165, 1.54) is 12.1 Å². The van der Waals surface area contributed by atoms with Crippen LogP contribution in [0.3, 0.4) is 0 Å². The lowest BCUT2D eigenvalue weighted by atomic mass is 9.97. The SMILES string of the molecule is Cc1cc(N2CCC(NC3=NC4C=CC=C(c5ccc(F)cc5Cl)C(=N3)C4)CC2)nc(C)n1. The fraction of sp³-hybridized carbons (Fsp3) is 0.360. The molecule has 5 rings (SSSR count). The van der Waals surface area contributed by atoms with Crippen LogP contribution in [0.1, 0.15) is 36.3 Å². The van der Waals surface area contributed by atoms with E-state index < -0.39 is 0 Å². The Morgan fingerprint density at radius 1 is 1.12 bits per heavy atom. The number of nitrogens with zero attached hydrogens (tertiary/aromatic N) is 5. The van der Waals surface area contributed by atoms with Gasteiger partial charge in [0.2, 0.25) is 5.96 Å². The summed E-state index contributed by atoms with van der Waals surface area (Å²) in [6.07, 6.45) is 8.69. The first kappa shape index (κ1) is 21.8. The highest BCUT2D eigenvalue weighted by Gasteiger charge is 2.26. The largest absolute Gasteiger partial charge is 0.356 e. The zero-order valence-electron chi connectivity index (χ0n) is 18.7. The highest BCUT2D eigenvalue weighted by molar-refractivity contribution is 6.36. The van der Waals surface area contributed by atoms with Gasteiger partial charge in [-0.25, -0.2) is 24.3 Å². The molecule has 0 spiro atoms. The van der Waals surface area contributed by atoms with Crippen molar-refractivity contribution in [3.8, 4) is 0 Å². The number of aromatic nitrogens is 2. The number of hydrogen-bond donors (Lipinski definition) is 1. The molecule has 1 aromatic carbocycles. The number of anilines is 1. The molecule has 8 heteroatoms. The van der Waals surface area contributed by atoms with Gasteiger partial charge in [-0.1, -0.05) is 29.8 Å². The monoisotopic (exact) mass is 464 g/mol. The number of aliphatic imine (C=N–C) groups is 2. The van der Waals surface area contributed by atoms with Crippen molar-refractivity contribution in [2.45, 2.75) is 45.2 Å². The predicted octanol–water partition coefficient (Wildman–Crippen LogP) is 4.67. The van der Waals surface area contributed by atoms with Crippen molar-refractivity contribution in [2.24, 2.45) is 9.98 Å². The number of nitrogens with one attached hydrogen (secondary N) is 1. The van der Waals surface area contributed by atoms with E-state index in [1.54, 1.807) is 6.07 Å². The van der Waals surface area contributed by atoms with Crippen molar-refractivity contribution in [2.75, 3.05) is 18.0 Å². The first-order chi connectivity index (χ1) is 15.9. The summed E-state index contributed by atoms with van der Waals surface area (Å²) in [5, 5.41) is 3.94. The summed E-state index contributed by atoms with van der Waals surface area (Å²) in [5.41, 5.74) is 3.61. The molecule has 1 atom stereocenters. The lowest BCUT2D eigenvalue weighted by molar-refractivity contribution is 0.461. The van der Waals surface area contributed by atoms with Gasteiger partial charge in [-0.15, -0.1) is 0 Å². The van der Waals surface area contributed by atoms with Crippen LogP contribution >= 0.6 is 11.6 Å². The van der Waals surface area contributed by atoms with Gasteiger partial charge in [-0.2, -0.15) is 0 Å². The molecule has 0 saturated carbocycles. The first-order valence-electron chi connectivity index (χ1n) is 11.3. The van der Waals surface area contributed by atoms with Crippen molar-refractivity contribution < 1.29 is 4.39 Å². The minimum Gasteiger partial charge on any atom is -0.356 e. The van der Waals surface area contributed by atoms with E-state index in [9.17, 15) is 4.39 Å². The molecule has 1 unspecified atom stereocenters. The zero-order valence-corrected chi connectivity index (χ0v) is 19.5. The second-order valence-corrected chi connectivity index (χ2v) is 9.10. The highest BCUT2D eigenvalue weighted by Crippen LogP contribution is 2.31. The Kier molecular flexibility index (Phi) is 5.98. The van der Waals surface area contributed by atoms with Crippen molar-refractivity contribution in [3.63, 3.8) is 0 Å². The Morgan fingerprint density at radius 2 is 1.94 bits per heavy atom. The number of benzene rings is 1. The maximum atomic E-state index is 13.6. The van der Waals surface area contributed by atoms with Crippen LogP contribution in [0.2, 0.25) is 5.02 Å². The van der Waals surface area contributed by atoms with E-state index in [0.717, 1.165) is 60.1 Å². The standard InChI is InChI=1S/C25H26ClFN6/c1-15-12-24(29-16(2)28-15)33-10-8-18(9-11-33)30-25-31-19-4-3-5-21(23(14-19)32-25)20-7-6-17(27)13-22(20)26/h3-7,12-13,18-19H,8-11,14H2,1-2H3,(H,30,31). The third kappa shape index (κ3) is 4.83. The lowest BCUT2D eigenvalue weighted by Gasteiger charge is -2.34. The van der Waals surface area contributed by atoms with Crippen LogP contribution in [0.15, 0.2) is 52.5 Å². The van der Waals surface area contributed by atoms with Gasteiger partial charge in [-0.05, 0) is 44.9 Å². The van der Waals surface area contributed by atoms with Crippen LogP contribution in [0.25, 0.3) is 5.57 Å². The molecule has 2 aromatic rings. The summed E-state index contributed by atoms with van der Waals surface area (Å²) in [6, 6.07) is 6.85. The summed E-state index contributed by atoms with van der Waals surface area (Å²) in [4.78, 5) is 20.9. The summed E-state index contributed by atoms with van der Waals surface area (Å²) in [7, 11) is 0. The van der Waals surface area contributed by atoms with Gasteiger partial charge < -0.3 is 10.2 Å². The number of aryl methyl sites for hydroxylation is 2. The summed E-state index contributed by atoms with van der Waals surface area (Å²) < 4.78 is 13.6. The first-order valence-corrected chi connectivity index (χ1v) is 11.7. The van der Waals surface area contributed by atoms with Crippen LogP contribution in [-0.2, 0) is 0 Å². The maximum Gasteiger partial charge on any atom is 0.219 e. The topological polar surface area (TPSA) is 65.8 Å². The van der Waals surface area contributed by atoms with Gasteiger partial charge >= 0.3 is 0 Å². The Morgan fingerprint density at radius 3 is 2.70 bits per heavy atom. The molecule has 3 aliphatic rings. The normalized spacial score (nSPS) is 20.7. The number of guanidine groups is 1. The summed E-state index contributed by atoms with van der Waals surface area (Å²) in [6.45, 7) is 5.76. The molecule has 2 bridgehead atoms. The molecular formula is C25H26ClFN6. The average molecular weight is 465 g/mol. The van der Waals surface area contributed by atoms with E-state index in [2.05, 4.69) is 26.3 Å². The molecule has 6 nitrogen and oxygen atoms in total. The molecule has 33 heavy (non-hydrogen) atoms. The molecule has 1 fully saturated rings. The molecule has 1 N–H and O–H groups in total. The smallest absolute Gasteiger partial charge is 0.219 e. The number of piperidine rings is 1. The fourth-order valence-corrected chi connectivity index (χ4v) is 4.85. The third-order valence-electron chi connectivity index (χ3n) is 6.16. The van der Waals surface area contributed by atoms with Crippen LogP contribution in [0.5, 0.6) is 0 Å². The number of halogens is 2. The Balaban J connectivity index is 1.29. The fourth-order valence-electron chi connectivity index (χ4n) is 4.58. The maximum absolute atomic E-state index is 13.6. The minimum atomic E-state index is -0.348. The van der Waals surface area contributed by atoms with Gasteiger partial charge in [0.25, 0.3) is 0 Å². The average Bonchev–Trinajstić information content (AvgIpc) is 2.91. The van der Waals surface area contributed by atoms with Crippen LogP contribution < -0.4 is 10.2 Å². The van der Waals surface area contributed by atoms with E-state index in [4.69, 9.17) is 21.6 Å². The predicted molar refractivity (Wildman–Crippen MR) is 132 cm³/mol. The second-order valence-electron chi connectivity index (χ2n) is 8.69. The van der Waals surface area contributed by atoms with Gasteiger partial charge in [0, 0.05) is 48.4 Å². The van der Waals surface area contributed by atoms with Crippen molar-refractivity contribution in [3.05, 3.63) is 70.4 Å². The van der Waals surface area contributed by atoms with Crippen molar-refractivity contribution in [1.29, 1.82) is 0 Å². The van der Waals surface area contributed by atoms with Gasteiger partial charge in [0.1, 0.15) is 17.5 Å². The van der Waals surface area contributed by atoms with Crippen molar-refractivity contribution in [1.82, 2.24) is 15.3 Å². The summed E-state index contributed by atoms with van der Waals surface area (Å²) in [5.74, 6) is 2.11. The molecule has 0 radical (unpaired) electrons. The van der Waals surface area contributed by atoms with E-state index in [1.807, 2.05) is 32.1 Å². The third-order valence-corrected chi connectivity index (χ3v) is 6.48. The van der Waals surface area contributed by atoms with Crippen LogP contribution in [0.4, 0.5) is 10.2 Å². The Bertz CT molecular complexity index is 1170. The second kappa shape index (κ2) is 9.06. The molecule has 1 aliphatic carbocycles. The Labute approximate surface area is 198 Å².